The Bertz CT molecular complexity index is 246. The van der Waals surface area contributed by atoms with Crippen molar-refractivity contribution in [2.75, 3.05) is 0 Å². The summed E-state index contributed by atoms with van der Waals surface area (Å²) in [7, 11) is 0. The first kappa shape index (κ1) is 11.1. The van der Waals surface area contributed by atoms with E-state index in [4.69, 9.17) is 11.7 Å². The minimum absolute atomic E-state index is 0.0777. The van der Waals surface area contributed by atoms with Gasteiger partial charge >= 0.3 is 0 Å². The highest BCUT2D eigenvalue weighted by atomic mass is 14.9. The maximum Gasteiger partial charge on any atom is 0.0672 e. The van der Waals surface area contributed by atoms with Crippen molar-refractivity contribution in [2.45, 2.75) is 51.1 Å². The van der Waals surface area contributed by atoms with Gasteiger partial charge in [0, 0.05) is 6.04 Å². The molecule has 3 atom stereocenters. The molecule has 0 heterocycles. The fourth-order valence-corrected chi connectivity index (χ4v) is 2.03. The van der Waals surface area contributed by atoms with Gasteiger partial charge in [0.15, 0.2) is 0 Å². The van der Waals surface area contributed by atoms with Crippen LogP contribution in [0.3, 0.4) is 0 Å². The van der Waals surface area contributed by atoms with Crippen LogP contribution >= 0.6 is 0 Å². The van der Waals surface area contributed by atoms with Crippen LogP contribution in [0, 0.1) is 29.6 Å². The highest BCUT2D eigenvalue weighted by molar-refractivity contribution is 5.01. The lowest BCUT2D eigenvalue weighted by Gasteiger charge is -2.22. The molecule has 0 aromatic carbocycles. The van der Waals surface area contributed by atoms with Gasteiger partial charge in [-0.15, -0.1) is 6.42 Å². The van der Waals surface area contributed by atoms with Gasteiger partial charge in [0.2, 0.25) is 0 Å². The van der Waals surface area contributed by atoms with Crippen molar-refractivity contribution in [1.82, 2.24) is 5.32 Å². The van der Waals surface area contributed by atoms with Crippen LogP contribution in [0.5, 0.6) is 0 Å². The van der Waals surface area contributed by atoms with Gasteiger partial charge in [-0.1, -0.05) is 25.2 Å². The first-order valence-electron chi connectivity index (χ1n) is 5.39. The fourth-order valence-electron chi connectivity index (χ4n) is 2.03. The molecule has 0 aliphatic heterocycles. The van der Waals surface area contributed by atoms with Crippen LogP contribution in [-0.4, -0.2) is 12.1 Å². The minimum atomic E-state index is 0.0777. The van der Waals surface area contributed by atoms with Gasteiger partial charge < -0.3 is 0 Å². The molecule has 0 aromatic rings. The van der Waals surface area contributed by atoms with E-state index in [0.717, 1.165) is 12.8 Å². The molecule has 14 heavy (non-hydrogen) atoms. The normalized spacial score (nSPS) is 29.6. The second kappa shape index (κ2) is 5.68. The molecular formula is C12H18N2. The molecule has 1 saturated carbocycles. The third-order valence-electron chi connectivity index (χ3n) is 2.90. The summed E-state index contributed by atoms with van der Waals surface area (Å²) in [5, 5.41) is 12.4. The zero-order chi connectivity index (χ0) is 10.4. The lowest BCUT2D eigenvalue weighted by Crippen LogP contribution is -2.40. The first-order valence-corrected chi connectivity index (χ1v) is 5.39. The summed E-state index contributed by atoms with van der Waals surface area (Å²) in [5.74, 6) is 2.80. The van der Waals surface area contributed by atoms with Gasteiger partial charge in [0.1, 0.15) is 0 Å². The fraction of sp³-hybridized carbons (Fsp3) is 0.750. The summed E-state index contributed by atoms with van der Waals surface area (Å²) in [6.45, 7) is 1.97. The van der Waals surface area contributed by atoms with Crippen molar-refractivity contribution < 1.29 is 0 Å². The van der Waals surface area contributed by atoms with Gasteiger partial charge in [-0.25, -0.2) is 0 Å². The molecule has 2 nitrogen and oxygen atoms in total. The molecule has 1 N–H and O–H groups in total. The summed E-state index contributed by atoms with van der Waals surface area (Å²) < 4.78 is 0. The third-order valence-corrected chi connectivity index (χ3v) is 2.90. The van der Waals surface area contributed by atoms with Crippen molar-refractivity contribution in [1.29, 1.82) is 5.26 Å². The Morgan fingerprint density at radius 1 is 1.36 bits per heavy atom. The van der Waals surface area contributed by atoms with Crippen LogP contribution < -0.4 is 5.32 Å². The predicted octanol–water partition coefficient (Wildman–Crippen LogP) is 2.07. The zero-order valence-corrected chi connectivity index (χ0v) is 8.79. The van der Waals surface area contributed by atoms with Crippen molar-refractivity contribution in [3.8, 4) is 18.4 Å². The summed E-state index contributed by atoms with van der Waals surface area (Å²) in [4.78, 5) is 0. The van der Waals surface area contributed by atoms with E-state index in [0.29, 0.717) is 6.04 Å². The summed E-state index contributed by atoms with van der Waals surface area (Å²) in [5.41, 5.74) is 0. The van der Waals surface area contributed by atoms with Crippen molar-refractivity contribution in [2.24, 2.45) is 5.92 Å². The highest BCUT2D eigenvalue weighted by Gasteiger charge is 2.23. The van der Waals surface area contributed by atoms with Gasteiger partial charge in [-0.3, -0.25) is 5.32 Å². The number of hydrogen-bond donors (Lipinski definition) is 1. The van der Waals surface area contributed by atoms with Crippen molar-refractivity contribution in [3.63, 3.8) is 0 Å². The Kier molecular flexibility index (Phi) is 4.50. The Hall–Kier alpha value is -0.990. The highest BCUT2D eigenvalue weighted by Crippen LogP contribution is 2.23. The van der Waals surface area contributed by atoms with Crippen LogP contribution in [0.15, 0.2) is 0 Å². The molecule has 0 radical (unpaired) electrons. The molecule has 1 aliphatic rings. The zero-order valence-electron chi connectivity index (χ0n) is 8.79. The summed E-state index contributed by atoms with van der Waals surface area (Å²) >= 11 is 0. The molecular weight excluding hydrogens is 172 g/mol. The van der Waals surface area contributed by atoms with E-state index < -0.39 is 0 Å². The molecule has 0 saturated heterocycles. The second-order valence-corrected chi connectivity index (χ2v) is 4.04. The molecule has 0 amide bonds. The summed E-state index contributed by atoms with van der Waals surface area (Å²) in [6.07, 6.45) is 11.1. The van der Waals surface area contributed by atoms with E-state index in [1.807, 2.05) is 6.92 Å². The average Bonchev–Trinajstić information content (AvgIpc) is 2.42. The van der Waals surface area contributed by atoms with Crippen molar-refractivity contribution >= 4 is 0 Å². The van der Waals surface area contributed by atoms with E-state index in [2.05, 4.69) is 17.3 Å². The van der Waals surface area contributed by atoms with Gasteiger partial charge in [-0.05, 0) is 19.8 Å². The molecule has 1 fully saturated rings. The van der Waals surface area contributed by atoms with Crippen molar-refractivity contribution in [3.05, 3.63) is 0 Å². The topological polar surface area (TPSA) is 35.8 Å². The molecule has 0 bridgehead atoms. The number of nitrogens with zero attached hydrogens (tertiary/aromatic N) is 1. The van der Waals surface area contributed by atoms with E-state index in [1.165, 1.54) is 19.3 Å². The maximum absolute atomic E-state index is 9.03. The van der Waals surface area contributed by atoms with E-state index in [1.54, 1.807) is 0 Å². The average molecular weight is 190 g/mol. The van der Waals surface area contributed by atoms with Gasteiger partial charge in [0.25, 0.3) is 0 Å². The number of nitriles is 1. The number of terminal acetylenes is 1. The van der Waals surface area contributed by atoms with Crippen LogP contribution in [-0.2, 0) is 0 Å². The molecule has 2 heteroatoms. The first-order chi connectivity index (χ1) is 6.77. The van der Waals surface area contributed by atoms with E-state index >= 15 is 0 Å². The third kappa shape index (κ3) is 3.05. The lowest BCUT2D eigenvalue weighted by molar-refractivity contribution is 0.383. The molecule has 0 spiro atoms. The SMILES string of the molecule is C#CC(C)NC1CCCCCC1C#N. The molecule has 1 rings (SSSR count). The smallest absolute Gasteiger partial charge is 0.0672 e. The largest absolute Gasteiger partial charge is 0.300 e. The maximum atomic E-state index is 9.03. The lowest BCUT2D eigenvalue weighted by atomic mass is 9.96. The van der Waals surface area contributed by atoms with Crippen LogP contribution in [0.25, 0.3) is 0 Å². The Balaban J connectivity index is 2.54. The number of nitrogens with one attached hydrogen (secondary N) is 1. The minimum Gasteiger partial charge on any atom is -0.300 e. The van der Waals surface area contributed by atoms with E-state index in [-0.39, 0.29) is 12.0 Å². The molecule has 0 aromatic heterocycles. The standard InChI is InChI=1S/C12H18N2/c1-3-10(2)14-12-8-6-4-5-7-11(12)9-13/h1,10-12,14H,4-8H2,2H3. The molecule has 76 valence electrons. The monoisotopic (exact) mass is 190 g/mol. The van der Waals surface area contributed by atoms with Crippen LogP contribution in [0.4, 0.5) is 0 Å². The molecule has 3 unspecified atom stereocenters. The predicted molar refractivity (Wildman–Crippen MR) is 57.4 cm³/mol. The Labute approximate surface area is 86.7 Å². The van der Waals surface area contributed by atoms with E-state index in [9.17, 15) is 0 Å². The van der Waals surface area contributed by atoms with Crippen LogP contribution in [0.2, 0.25) is 0 Å². The Morgan fingerprint density at radius 3 is 2.71 bits per heavy atom. The number of rotatable bonds is 2. The van der Waals surface area contributed by atoms with Gasteiger partial charge in [-0.2, -0.15) is 5.26 Å². The quantitative estimate of drug-likeness (QED) is 0.534. The number of hydrogen-bond acceptors (Lipinski definition) is 2. The summed E-state index contributed by atoms with van der Waals surface area (Å²) in [6, 6.07) is 2.77. The Morgan fingerprint density at radius 2 is 2.07 bits per heavy atom. The molecule has 1 aliphatic carbocycles. The second-order valence-electron chi connectivity index (χ2n) is 4.04. The van der Waals surface area contributed by atoms with Crippen LogP contribution in [0.1, 0.15) is 39.0 Å². The van der Waals surface area contributed by atoms with Gasteiger partial charge in [0.05, 0.1) is 18.0 Å².